The molecule has 0 atom stereocenters. The van der Waals surface area contributed by atoms with Crippen LogP contribution >= 0.6 is 0 Å². The molecule has 0 aliphatic rings. The third-order valence-corrected chi connectivity index (χ3v) is 3.72. The third-order valence-electron chi connectivity index (χ3n) is 2.27. The smallest absolute Gasteiger partial charge is 0.307 e. The van der Waals surface area contributed by atoms with Gasteiger partial charge in [-0.05, 0) is 13.0 Å². The van der Waals surface area contributed by atoms with Gasteiger partial charge < -0.3 is 4.74 Å². The van der Waals surface area contributed by atoms with Crippen LogP contribution in [0.15, 0.2) is 29.2 Å². The minimum atomic E-state index is -3.89. The highest BCUT2D eigenvalue weighted by Crippen LogP contribution is 2.16. The van der Waals surface area contributed by atoms with Crippen molar-refractivity contribution in [2.24, 2.45) is 0 Å². The number of sulfonamides is 1. The Hall–Kier alpha value is -2.00. The fourth-order valence-corrected chi connectivity index (χ4v) is 2.44. The van der Waals surface area contributed by atoms with Crippen LogP contribution in [0, 0.1) is 10.1 Å². The fraction of sp³-hybridized carbons (Fsp3) is 0.364. The number of carbonyl (C=O) groups is 1. The number of ether oxygens (including phenoxy) is 1. The number of esters is 1. The van der Waals surface area contributed by atoms with Gasteiger partial charge in [-0.1, -0.05) is 6.07 Å². The van der Waals surface area contributed by atoms with E-state index in [1.54, 1.807) is 6.92 Å². The summed E-state index contributed by atoms with van der Waals surface area (Å²) in [6.07, 6.45) is -0.109. The Labute approximate surface area is 115 Å². The van der Waals surface area contributed by atoms with Gasteiger partial charge in [-0.25, -0.2) is 13.1 Å². The van der Waals surface area contributed by atoms with Crippen molar-refractivity contribution in [2.75, 3.05) is 13.2 Å². The molecular formula is C11H14N2O6S. The number of rotatable bonds is 7. The summed E-state index contributed by atoms with van der Waals surface area (Å²) in [5.41, 5.74) is -0.321. The van der Waals surface area contributed by atoms with Crippen molar-refractivity contribution in [1.29, 1.82) is 0 Å². The van der Waals surface area contributed by atoms with Crippen LogP contribution in [0.5, 0.6) is 0 Å². The highest BCUT2D eigenvalue weighted by Gasteiger charge is 2.17. The topological polar surface area (TPSA) is 116 Å². The van der Waals surface area contributed by atoms with E-state index in [2.05, 4.69) is 9.46 Å². The van der Waals surface area contributed by atoms with Gasteiger partial charge in [0.25, 0.3) is 5.69 Å². The predicted molar refractivity (Wildman–Crippen MR) is 69.5 cm³/mol. The van der Waals surface area contributed by atoms with Gasteiger partial charge in [0, 0.05) is 18.7 Å². The lowest BCUT2D eigenvalue weighted by atomic mass is 10.3. The van der Waals surface area contributed by atoms with Crippen molar-refractivity contribution in [1.82, 2.24) is 4.72 Å². The molecule has 0 radical (unpaired) electrons. The van der Waals surface area contributed by atoms with E-state index in [9.17, 15) is 23.3 Å². The number of nitrogens with zero attached hydrogens (tertiary/aromatic N) is 1. The molecule has 0 bridgehead atoms. The SMILES string of the molecule is CCOC(=O)CCNS(=O)(=O)c1cccc([N+](=O)[O-])c1. The minimum Gasteiger partial charge on any atom is -0.466 e. The Balaban J connectivity index is 2.72. The zero-order chi connectivity index (χ0) is 15.2. The third kappa shape index (κ3) is 4.59. The van der Waals surface area contributed by atoms with E-state index in [-0.39, 0.29) is 30.2 Å². The maximum Gasteiger partial charge on any atom is 0.307 e. The van der Waals surface area contributed by atoms with Crippen molar-refractivity contribution in [3.63, 3.8) is 0 Å². The summed E-state index contributed by atoms with van der Waals surface area (Å²) >= 11 is 0. The molecule has 0 amide bonds. The first-order valence-electron chi connectivity index (χ1n) is 5.76. The van der Waals surface area contributed by atoms with Crippen LogP contribution < -0.4 is 4.72 Å². The zero-order valence-corrected chi connectivity index (χ0v) is 11.6. The number of hydrogen-bond donors (Lipinski definition) is 1. The molecule has 0 spiro atoms. The van der Waals surface area contributed by atoms with Gasteiger partial charge >= 0.3 is 5.97 Å². The maximum atomic E-state index is 11.9. The first kappa shape index (κ1) is 16.1. The van der Waals surface area contributed by atoms with E-state index in [4.69, 9.17) is 0 Å². The summed E-state index contributed by atoms with van der Waals surface area (Å²) in [7, 11) is -3.89. The van der Waals surface area contributed by atoms with Crippen molar-refractivity contribution in [3.05, 3.63) is 34.4 Å². The molecule has 0 unspecified atom stereocenters. The van der Waals surface area contributed by atoms with Crippen molar-refractivity contribution in [3.8, 4) is 0 Å². The van der Waals surface area contributed by atoms with Crippen LogP contribution in [0.25, 0.3) is 0 Å². The Morgan fingerprint density at radius 1 is 1.45 bits per heavy atom. The number of non-ortho nitro benzene ring substituents is 1. The lowest BCUT2D eigenvalue weighted by molar-refractivity contribution is -0.385. The number of benzene rings is 1. The van der Waals surface area contributed by atoms with Crippen LogP contribution in [-0.4, -0.2) is 32.5 Å². The summed E-state index contributed by atoms with van der Waals surface area (Å²) in [5.74, 6) is -0.519. The molecule has 0 fully saturated rings. The molecule has 0 aliphatic heterocycles. The number of nitro groups is 1. The summed E-state index contributed by atoms with van der Waals surface area (Å²) in [6, 6.07) is 4.65. The number of nitrogens with one attached hydrogen (secondary N) is 1. The Morgan fingerprint density at radius 2 is 2.15 bits per heavy atom. The zero-order valence-electron chi connectivity index (χ0n) is 10.7. The van der Waals surface area contributed by atoms with Gasteiger partial charge in [0.1, 0.15) is 0 Å². The van der Waals surface area contributed by atoms with Crippen molar-refractivity contribution < 1.29 is 22.9 Å². The average Bonchev–Trinajstić information content (AvgIpc) is 2.39. The van der Waals surface area contributed by atoms with Gasteiger partial charge in [-0.3, -0.25) is 14.9 Å². The quantitative estimate of drug-likeness (QED) is 0.453. The average molecular weight is 302 g/mol. The molecule has 0 aliphatic carbocycles. The molecule has 9 heteroatoms. The second-order valence-corrected chi connectivity index (χ2v) is 5.47. The Kier molecular flexibility index (Phi) is 5.59. The first-order valence-corrected chi connectivity index (χ1v) is 7.25. The van der Waals surface area contributed by atoms with Crippen LogP contribution in [0.2, 0.25) is 0 Å². The summed E-state index contributed by atoms with van der Waals surface area (Å²) in [6.45, 7) is 1.73. The maximum absolute atomic E-state index is 11.9. The molecule has 1 rings (SSSR count). The van der Waals surface area contributed by atoms with Gasteiger partial charge in [-0.15, -0.1) is 0 Å². The molecule has 1 aromatic rings. The van der Waals surface area contributed by atoms with Gasteiger partial charge in [0.2, 0.25) is 10.0 Å². The second kappa shape index (κ2) is 6.96. The van der Waals surface area contributed by atoms with Crippen molar-refractivity contribution in [2.45, 2.75) is 18.2 Å². The number of nitro benzene ring substituents is 1. The van der Waals surface area contributed by atoms with Crippen LogP contribution in [0.3, 0.4) is 0 Å². The number of hydrogen-bond acceptors (Lipinski definition) is 6. The highest BCUT2D eigenvalue weighted by atomic mass is 32.2. The Morgan fingerprint density at radius 3 is 2.75 bits per heavy atom. The predicted octanol–water partition coefficient (Wildman–Crippen LogP) is 0.826. The van der Waals surface area contributed by atoms with Crippen LogP contribution in [0.1, 0.15) is 13.3 Å². The molecule has 0 aromatic heterocycles. The second-order valence-electron chi connectivity index (χ2n) is 3.71. The fourth-order valence-electron chi connectivity index (χ4n) is 1.37. The molecule has 1 N–H and O–H groups in total. The van der Waals surface area contributed by atoms with E-state index in [0.717, 1.165) is 6.07 Å². The molecule has 8 nitrogen and oxygen atoms in total. The van der Waals surface area contributed by atoms with E-state index in [1.807, 2.05) is 0 Å². The Bertz CT molecular complexity index is 599. The summed E-state index contributed by atoms with van der Waals surface area (Å²) in [5, 5.41) is 10.6. The molecule has 1 aromatic carbocycles. The van der Waals surface area contributed by atoms with E-state index < -0.39 is 20.9 Å². The first-order chi connectivity index (χ1) is 9.36. The van der Waals surface area contributed by atoms with Gasteiger partial charge in [0.15, 0.2) is 0 Å². The monoisotopic (exact) mass is 302 g/mol. The standard InChI is InChI=1S/C11H14N2O6S/c1-2-19-11(14)6-7-12-20(17,18)10-5-3-4-9(8-10)13(15)16/h3-5,8,12H,2,6-7H2,1H3. The molecule has 110 valence electrons. The van der Waals surface area contributed by atoms with Crippen molar-refractivity contribution >= 4 is 21.7 Å². The minimum absolute atomic E-state index is 0.109. The number of carbonyl (C=O) groups excluding carboxylic acids is 1. The van der Waals surface area contributed by atoms with Gasteiger partial charge in [0.05, 0.1) is 22.8 Å². The molecule has 20 heavy (non-hydrogen) atoms. The van der Waals surface area contributed by atoms with Gasteiger partial charge in [-0.2, -0.15) is 0 Å². The normalized spacial score (nSPS) is 11.1. The van der Waals surface area contributed by atoms with Crippen LogP contribution in [-0.2, 0) is 19.6 Å². The lowest BCUT2D eigenvalue weighted by Gasteiger charge is -2.06. The van der Waals surface area contributed by atoms with E-state index >= 15 is 0 Å². The van der Waals surface area contributed by atoms with E-state index in [0.29, 0.717) is 0 Å². The molecule has 0 saturated heterocycles. The van der Waals surface area contributed by atoms with E-state index in [1.165, 1.54) is 18.2 Å². The largest absolute Gasteiger partial charge is 0.466 e. The summed E-state index contributed by atoms with van der Waals surface area (Å²) < 4.78 is 30.6. The van der Waals surface area contributed by atoms with Crippen LogP contribution in [0.4, 0.5) is 5.69 Å². The highest BCUT2D eigenvalue weighted by molar-refractivity contribution is 7.89. The lowest BCUT2D eigenvalue weighted by Crippen LogP contribution is -2.26. The molecule has 0 heterocycles. The summed E-state index contributed by atoms with van der Waals surface area (Å²) in [4.78, 5) is 20.7. The molecule has 0 saturated carbocycles. The molecular weight excluding hydrogens is 288 g/mol.